The lowest BCUT2D eigenvalue weighted by molar-refractivity contribution is -0.140. The van der Waals surface area contributed by atoms with Crippen molar-refractivity contribution in [2.75, 3.05) is 0 Å². The van der Waals surface area contributed by atoms with Crippen LogP contribution in [0.5, 0.6) is 0 Å². The van der Waals surface area contributed by atoms with Gasteiger partial charge in [0.1, 0.15) is 0 Å². The minimum Gasteiger partial charge on any atom is -0.411 e. The first kappa shape index (κ1) is 22.7. The number of Topliss-reactive ketones (excluding diaryl/α,β-unsaturated/α-hetero) is 2. The van der Waals surface area contributed by atoms with Gasteiger partial charge in [-0.3, -0.25) is 9.59 Å². The van der Waals surface area contributed by atoms with Gasteiger partial charge in [0.05, 0.1) is 24.7 Å². The summed E-state index contributed by atoms with van der Waals surface area (Å²) in [5.41, 5.74) is 1.02. The fraction of sp³-hybridized carbons (Fsp3) is 0.565. The molecule has 0 amide bonds. The summed E-state index contributed by atoms with van der Waals surface area (Å²) in [5, 5.41) is 0.0146. The molecule has 0 aliphatic heterocycles. The number of rotatable bonds is 6. The number of ether oxygens (including phenoxy) is 1. The fourth-order valence-corrected chi connectivity index (χ4v) is 4.68. The average Bonchev–Trinajstić information content (AvgIpc) is 2.69. The number of ketones is 2. The normalized spacial score (nSPS) is 26.8. The van der Waals surface area contributed by atoms with Crippen molar-refractivity contribution in [1.82, 2.24) is 0 Å². The van der Waals surface area contributed by atoms with Crippen molar-refractivity contribution in [1.29, 1.82) is 0 Å². The average molecular weight is 403 g/mol. The summed E-state index contributed by atoms with van der Waals surface area (Å²) in [7, 11) is -2.13. The van der Waals surface area contributed by atoms with E-state index in [1.807, 2.05) is 37.3 Å². The molecular weight excluding hydrogens is 368 g/mol. The second kappa shape index (κ2) is 8.85. The maximum atomic E-state index is 12.7. The van der Waals surface area contributed by atoms with Gasteiger partial charge in [-0.05, 0) is 29.6 Å². The Kier molecular flexibility index (Phi) is 7.18. The molecule has 1 saturated carbocycles. The smallest absolute Gasteiger partial charge is 0.207 e. The maximum Gasteiger partial charge on any atom is 0.207 e. The van der Waals surface area contributed by atoms with Gasteiger partial charge in [0.25, 0.3) is 0 Å². The minimum absolute atomic E-state index is 0.0146. The topological polar surface area (TPSA) is 52.6 Å². The van der Waals surface area contributed by atoms with Crippen LogP contribution in [0, 0.1) is 11.8 Å². The first-order valence-electron chi connectivity index (χ1n) is 10.0. The van der Waals surface area contributed by atoms with Crippen molar-refractivity contribution >= 4 is 19.9 Å². The highest BCUT2D eigenvalue weighted by atomic mass is 28.4. The van der Waals surface area contributed by atoms with Crippen LogP contribution in [0.15, 0.2) is 43.0 Å². The molecule has 0 radical (unpaired) electrons. The second-order valence-corrected chi connectivity index (χ2v) is 14.1. The molecule has 1 aliphatic carbocycles. The summed E-state index contributed by atoms with van der Waals surface area (Å²) in [5.74, 6) is -1.56. The Morgan fingerprint density at radius 2 is 1.75 bits per heavy atom. The standard InChI is InChI=1S/C23H34O4Si/c1-8-18-20(25)19(24)14-16(2)21(27-28(6,7)23(3,4)5)22(18)26-15-17-12-10-9-11-13-17/h8-13,16,18,21-22H,1,14-15H2,2-7H3/t16-,18-,21-,22-/m1/s1. The predicted octanol–water partition coefficient (Wildman–Crippen LogP) is 4.94. The van der Waals surface area contributed by atoms with Gasteiger partial charge in [-0.2, -0.15) is 0 Å². The van der Waals surface area contributed by atoms with Crippen molar-refractivity contribution < 1.29 is 18.8 Å². The molecule has 4 atom stereocenters. The van der Waals surface area contributed by atoms with E-state index in [1.54, 1.807) is 6.08 Å². The lowest BCUT2D eigenvalue weighted by atomic mass is 9.92. The van der Waals surface area contributed by atoms with Crippen LogP contribution in [0.1, 0.15) is 39.7 Å². The van der Waals surface area contributed by atoms with Crippen LogP contribution in [0.25, 0.3) is 0 Å². The Morgan fingerprint density at radius 3 is 2.29 bits per heavy atom. The summed E-state index contributed by atoms with van der Waals surface area (Å²) in [6, 6.07) is 9.84. The minimum atomic E-state index is -2.13. The SMILES string of the molecule is C=C[C@@H]1C(=O)C(=O)C[C@@H](C)[C@@H](O[Si](C)(C)C(C)(C)C)[C@@H]1OCc1ccccc1. The van der Waals surface area contributed by atoms with E-state index in [2.05, 4.69) is 40.4 Å². The van der Waals surface area contributed by atoms with Crippen LogP contribution in [0.4, 0.5) is 0 Å². The van der Waals surface area contributed by atoms with Gasteiger partial charge in [0.2, 0.25) is 5.78 Å². The van der Waals surface area contributed by atoms with Gasteiger partial charge < -0.3 is 9.16 Å². The lowest BCUT2D eigenvalue weighted by Crippen LogP contribution is -2.51. The largest absolute Gasteiger partial charge is 0.411 e. The third-order valence-electron chi connectivity index (χ3n) is 6.10. The first-order valence-corrected chi connectivity index (χ1v) is 12.9. The Labute approximate surface area is 170 Å². The fourth-order valence-electron chi connectivity index (χ4n) is 3.28. The van der Waals surface area contributed by atoms with Crippen molar-refractivity contribution in [2.45, 2.75) is 71.1 Å². The molecule has 154 valence electrons. The van der Waals surface area contributed by atoms with E-state index >= 15 is 0 Å². The zero-order chi connectivity index (χ0) is 21.1. The van der Waals surface area contributed by atoms with Crippen LogP contribution in [-0.4, -0.2) is 32.1 Å². The Bertz CT molecular complexity index is 705. The summed E-state index contributed by atoms with van der Waals surface area (Å²) in [4.78, 5) is 25.1. The Balaban J connectivity index is 2.38. The van der Waals surface area contributed by atoms with Crippen molar-refractivity contribution in [3.63, 3.8) is 0 Å². The summed E-state index contributed by atoms with van der Waals surface area (Å²) in [6.07, 6.45) is 0.882. The van der Waals surface area contributed by atoms with E-state index < -0.39 is 26.1 Å². The van der Waals surface area contributed by atoms with Crippen molar-refractivity contribution in [3.8, 4) is 0 Å². The summed E-state index contributed by atoms with van der Waals surface area (Å²) in [6.45, 7) is 17.1. The molecule has 0 aromatic heterocycles. The molecule has 2 rings (SSSR count). The van der Waals surface area contributed by atoms with Crippen LogP contribution in [0.2, 0.25) is 18.1 Å². The van der Waals surface area contributed by atoms with E-state index in [9.17, 15) is 9.59 Å². The van der Waals surface area contributed by atoms with Gasteiger partial charge >= 0.3 is 0 Å². The molecule has 0 unspecified atom stereocenters. The molecule has 5 heteroatoms. The number of carbonyl (C=O) groups is 2. The van der Waals surface area contributed by atoms with Gasteiger partial charge in [0, 0.05) is 6.42 Å². The second-order valence-electron chi connectivity index (χ2n) is 9.33. The highest BCUT2D eigenvalue weighted by Gasteiger charge is 2.48. The predicted molar refractivity (Wildman–Crippen MR) is 115 cm³/mol. The first-order chi connectivity index (χ1) is 13.0. The Hall–Kier alpha value is -1.56. The highest BCUT2D eigenvalue weighted by Crippen LogP contribution is 2.41. The number of hydrogen-bond acceptors (Lipinski definition) is 4. The molecule has 4 nitrogen and oxygen atoms in total. The molecule has 0 saturated heterocycles. The summed E-state index contributed by atoms with van der Waals surface area (Å²) >= 11 is 0. The molecule has 1 aromatic carbocycles. The molecule has 1 aliphatic rings. The molecule has 0 spiro atoms. The van der Waals surface area contributed by atoms with Crippen LogP contribution in [-0.2, 0) is 25.4 Å². The lowest BCUT2D eigenvalue weighted by Gasteiger charge is -2.43. The van der Waals surface area contributed by atoms with E-state index in [-0.39, 0.29) is 29.3 Å². The molecule has 1 aromatic rings. The molecule has 0 heterocycles. The van der Waals surface area contributed by atoms with E-state index in [4.69, 9.17) is 9.16 Å². The van der Waals surface area contributed by atoms with Crippen LogP contribution >= 0.6 is 0 Å². The van der Waals surface area contributed by atoms with Gasteiger partial charge in [-0.1, -0.05) is 64.1 Å². The van der Waals surface area contributed by atoms with Crippen LogP contribution < -0.4 is 0 Å². The number of hydrogen-bond donors (Lipinski definition) is 0. The Morgan fingerprint density at radius 1 is 1.14 bits per heavy atom. The van der Waals surface area contributed by atoms with E-state index in [0.717, 1.165) is 5.56 Å². The third kappa shape index (κ3) is 5.07. The monoisotopic (exact) mass is 402 g/mol. The van der Waals surface area contributed by atoms with Crippen molar-refractivity contribution in [2.24, 2.45) is 11.8 Å². The quantitative estimate of drug-likeness (QED) is 0.293. The number of benzene rings is 1. The van der Waals surface area contributed by atoms with E-state index in [0.29, 0.717) is 6.61 Å². The zero-order valence-corrected chi connectivity index (χ0v) is 19.0. The van der Waals surface area contributed by atoms with Gasteiger partial charge in [0.15, 0.2) is 14.1 Å². The van der Waals surface area contributed by atoms with E-state index in [1.165, 1.54) is 0 Å². The highest BCUT2D eigenvalue weighted by molar-refractivity contribution is 6.74. The van der Waals surface area contributed by atoms with Crippen molar-refractivity contribution in [3.05, 3.63) is 48.6 Å². The number of carbonyl (C=O) groups excluding carboxylic acids is 2. The van der Waals surface area contributed by atoms with Gasteiger partial charge in [-0.15, -0.1) is 6.58 Å². The molecule has 0 N–H and O–H groups in total. The third-order valence-corrected chi connectivity index (χ3v) is 10.6. The maximum absolute atomic E-state index is 12.7. The zero-order valence-electron chi connectivity index (χ0n) is 18.0. The molecule has 0 bridgehead atoms. The van der Waals surface area contributed by atoms with Gasteiger partial charge in [-0.25, -0.2) is 0 Å². The van der Waals surface area contributed by atoms with Crippen LogP contribution in [0.3, 0.4) is 0 Å². The summed E-state index contributed by atoms with van der Waals surface area (Å²) < 4.78 is 13.0. The molecule has 1 fully saturated rings. The molecule has 28 heavy (non-hydrogen) atoms. The molecular formula is C23H34O4Si.